The summed E-state index contributed by atoms with van der Waals surface area (Å²) in [5.41, 5.74) is -2.23. The van der Waals surface area contributed by atoms with E-state index >= 15 is 0 Å². The van der Waals surface area contributed by atoms with Crippen LogP contribution in [0.3, 0.4) is 0 Å². The number of hydrogen-bond acceptors (Lipinski definition) is 4. The molecule has 0 bridgehead atoms. The van der Waals surface area contributed by atoms with Gasteiger partial charge in [0.1, 0.15) is 6.10 Å². The molecule has 5 atom stereocenters. The van der Waals surface area contributed by atoms with E-state index in [1.54, 1.807) is 6.92 Å². The van der Waals surface area contributed by atoms with Crippen molar-refractivity contribution >= 4 is 0 Å². The molecule has 2 fully saturated rings. The van der Waals surface area contributed by atoms with Crippen molar-refractivity contribution in [2.24, 2.45) is 5.92 Å². The zero-order valence-corrected chi connectivity index (χ0v) is 19.2. The molecule has 3 heterocycles. The summed E-state index contributed by atoms with van der Waals surface area (Å²) < 4.78 is 87.9. The maximum atomic E-state index is 14.6. The molecule has 0 spiro atoms. The van der Waals surface area contributed by atoms with E-state index in [0.717, 1.165) is 20.1 Å². The van der Waals surface area contributed by atoms with Crippen LogP contribution in [0.2, 0.25) is 0 Å². The summed E-state index contributed by atoms with van der Waals surface area (Å²) in [6.07, 6.45) is -5.49. The van der Waals surface area contributed by atoms with Gasteiger partial charge in [0.25, 0.3) is 0 Å². The summed E-state index contributed by atoms with van der Waals surface area (Å²) >= 11 is 0. The summed E-state index contributed by atoms with van der Waals surface area (Å²) in [6, 6.07) is 3.41. The Bertz CT molecular complexity index is 1140. The quantitative estimate of drug-likeness (QED) is 0.568. The normalized spacial score (nSPS) is 29.6. The van der Waals surface area contributed by atoms with Crippen LogP contribution < -0.4 is 10.2 Å². The van der Waals surface area contributed by atoms with Crippen LogP contribution in [0.5, 0.6) is 5.75 Å². The number of pyridine rings is 1. The number of H-pyrrole nitrogens is 1. The second-order valence-electron chi connectivity index (χ2n) is 9.09. The minimum atomic E-state index is -4.78. The average molecular weight is 487 g/mol. The first-order chi connectivity index (χ1) is 15.9. The summed E-state index contributed by atoms with van der Waals surface area (Å²) in [4.78, 5) is 16.0. The molecule has 5 nitrogen and oxygen atoms in total. The largest absolute Gasteiger partial charge is 0.493 e. The van der Waals surface area contributed by atoms with E-state index in [0.29, 0.717) is 25.1 Å². The number of nitrogens with one attached hydrogen (secondary N) is 1. The molecule has 1 aromatic carbocycles. The van der Waals surface area contributed by atoms with Crippen molar-refractivity contribution in [2.75, 3.05) is 13.7 Å². The zero-order chi connectivity index (χ0) is 25.0. The third-order valence-electron chi connectivity index (χ3n) is 7.08. The molecule has 0 aliphatic carbocycles. The van der Waals surface area contributed by atoms with Gasteiger partial charge >= 0.3 is 6.18 Å². The minimum absolute atomic E-state index is 0.0209. The molecule has 1 N–H and O–H groups in total. The standard InChI is InChI=1S/C24H26F5NO4/c1-11-10-15(31)18(16-6-5-9-33-16)20(30-11)22-17(12(2)23(3,34-22)24(27,28)29)13-7-8-14(25)19(26)21(13)32-4/h7-8,10,12,16-17,22H,5-6,9H2,1-4H3,(H,30,31)/t12-,16+,17-,22+,23+/m0/s1. The predicted octanol–water partition coefficient (Wildman–Crippen LogP) is 5.63. The summed E-state index contributed by atoms with van der Waals surface area (Å²) in [7, 11) is 1.12. The number of methoxy groups -OCH3 is 1. The minimum Gasteiger partial charge on any atom is -0.493 e. The van der Waals surface area contributed by atoms with Crippen LogP contribution in [0.15, 0.2) is 23.0 Å². The van der Waals surface area contributed by atoms with Crippen molar-refractivity contribution in [1.82, 2.24) is 4.98 Å². The second-order valence-corrected chi connectivity index (χ2v) is 9.09. The number of aromatic amines is 1. The van der Waals surface area contributed by atoms with Crippen LogP contribution in [0.4, 0.5) is 22.0 Å². The molecular formula is C24H26F5NO4. The summed E-state index contributed by atoms with van der Waals surface area (Å²) in [6.45, 7) is 4.30. The highest BCUT2D eigenvalue weighted by atomic mass is 19.4. The van der Waals surface area contributed by atoms with Gasteiger partial charge in [-0.15, -0.1) is 0 Å². The molecule has 186 valence electrons. The zero-order valence-electron chi connectivity index (χ0n) is 19.2. The number of alkyl halides is 3. The number of benzene rings is 1. The Morgan fingerprint density at radius 2 is 1.94 bits per heavy atom. The molecular weight excluding hydrogens is 461 g/mol. The Balaban J connectivity index is 1.98. The Labute approximate surface area is 193 Å². The lowest BCUT2D eigenvalue weighted by atomic mass is 9.76. The highest BCUT2D eigenvalue weighted by Crippen LogP contribution is 2.60. The van der Waals surface area contributed by atoms with Gasteiger partial charge in [-0.25, -0.2) is 4.39 Å². The smallest absolute Gasteiger partial charge is 0.417 e. The SMILES string of the molecule is COc1c([C@H]2[C@H](c3[nH]c(C)cc(=O)c3[C@H]3CCCO3)O[C@@](C)(C(F)(F)F)[C@H]2C)ccc(F)c1F. The average Bonchev–Trinajstić information content (AvgIpc) is 3.37. The first kappa shape index (κ1) is 24.7. The van der Waals surface area contributed by atoms with Crippen LogP contribution in [-0.2, 0) is 9.47 Å². The van der Waals surface area contributed by atoms with Crippen LogP contribution in [0.1, 0.15) is 67.3 Å². The van der Waals surface area contributed by atoms with Gasteiger partial charge in [0.15, 0.2) is 22.6 Å². The van der Waals surface area contributed by atoms with E-state index in [9.17, 15) is 26.7 Å². The molecule has 10 heteroatoms. The molecule has 0 unspecified atom stereocenters. The van der Waals surface area contributed by atoms with Crippen LogP contribution in [0.25, 0.3) is 0 Å². The van der Waals surface area contributed by atoms with Crippen molar-refractivity contribution < 1.29 is 36.2 Å². The van der Waals surface area contributed by atoms with Crippen molar-refractivity contribution in [1.29, 1.82) is 0 Å². The second kappa shape index (κ2) is 8.64. The van der Waals surface area contributed by atoms with E-state index in [2.05, 4.69) is 4.98 Å². The third kappa shape index (κ3) is 3.80. The lowest BCUT2D eigenvalue weighted by Gasteiger charge is -2.32. The van der Waals surface area contributed by atoms with Gasteiger partial charge in [-0.3, -0.25) is 4.79 Å². The Morgan fingerprint density at radius 3 is 2.53 bits per heavy atom. The number of rotatable bonds is 4. The fourth-order valence-corrected chi connectivity index (χ4v) is 5.15. The van der Waals surface area contributed by atoms with E-state index in [1.807, 2.05) is 0 Å². The van der Waals surface area contributed by atoms with Crippen molar-refractivity contribution in [3.63, 3.8) is 0 Å². The fraction of sp³-hybridized carbons (Fsp3) is 0.542. The maximum Gasteiger partial charge on any atom is 0.417 e. The monoisotopic (exact) mass is 487 g/mol. The van der Waals surface area contributed by atoms with E-state index < -0.39 is 53.2 Å². The topological polar surface area (TPSA) is 60.6 Å². The molecule has 0 radical (unpaired) electrons. The van der Waals surface area contributed by atoms with Crippen molar-refractivity contribution in [3.8, 4) is 5.75 Å². The molecule has 2 aromatic rings. The van der Waals surface area contributed by atoms with E-state index in [-0.39, 0.29) is 22.2 Å². The van der Waals surface area contributed by atoms with Gasteiger partial charge in [-0.05, 0) is 32.8 Å². The number of hydrogen-bond donors (Lipinski definition) is 1. The van der Waals surface area contributed by atoms with E-state index in [1.165, 1.54) is 19.1 Å². The summed E-state index contributed by atoms with van der Waals surface area (Å²) in [5.74, 6) is -5.34. The van der Waals surface area contributed by atoms with Gasteiger partial charge in [0, 0.05) is 35.8 Å². The van der Waals surface area contributed by atoms with Gasteiger partial charge in [-0.1, -0.05) is 13.0 Å². The lowest BCUT2D eigenvalue weighted by molar-refractivity contribution is -0.275. The predicted molar refractivity (Wildman–Crippen MR) is 113 cm³/mol. The number of ether oxygens (including phenoxy) is 3. The Kier molecular flexibility index (Phi) is 6.27. The molecule has 0 saturated carbocycles. The molecule has 2 aliphatic heterocycles. The molecule has 0 amide bonds. The van der Waals surface area contributed by atoms with Crippen molar-refractivity contribution in [2.45, 2.75) is 63.5 Å². The van der Waals surface area contributed by atoms with Gasteiger partial charge in [-0.2, -0.15) is 17.6 Å². The van der Waals surface area contributed by atoms with Gasteiger partial charge in [0.2, 0.25) is 5.82 Å². The fourth-order valence-electron chi connectivity index (χ4n) is 5.15. The maximum absolute atomic E-state index is 14.6. The number of aromatic nitrogens is 1. The van der Waals surface area contributed by atoms with Gasteiger partial charge < -0.3 is 19.2 Å². The molecule has 4 rings (SSSR count). The molecule has 2 saturated heterocycles. The lowest BCUT2D eigenvalue weighted by Crippen LogP contribution is -2.46. The van der Waals surface area contributed by atoms with Crippen LogP contribution in [-0.4, -0.2) is 30.5 Å². The number of halogens is 5. The summed E-state index contributed by atoms with van der Waals surface area (Å²) in [5, 5.41) is 0. The third-order valence-corrected chi connectivity index (χ3v) is 7.08. The molecule has 1 aromatic heterocycles. The highest BCUT2D eigenvalue weighted by molar-refractivity contribution is 5.43. The highest BCUT2D eigenvalue weighted by Gasteiger charge is 2.65. The van der Waals surface area contributed by atoms with Crippen LogP contribution in [0, 0.1) is 24.5 Å². The molecule has 2 aliphatic rings. The first-order valence-electron chi connectivity index (χ1n) is 11.0. The Morgan fingerprint density at radius 1 is 1.24 bits per heavy atom. The Hall–Kier alpha value is -2.46. The molecule has 34 heavy (non-hydrogen) atoms. The van der Waals surface area contributed by atoms with E-state index in [4.69, 9.17) is 14.2 Å². The number of aryl methyl sites for hydroxylation is 1. The first-order valence-corrected chi connectivity index (χ1v) is 11.0. The van der Waals surface area contributed by atoms with Gasteiger partial charge in [0.05, 0.1) is 24.5 Å². The van der Waals surface area contributed by atoms with Crippen LogP contribution >= 0.6 is 0 Å². The van der Waals surface area contributed by atoms with Crippen molar-refractivity contribution in [3.05, 3.63) is 62.6 Å².